The maximum absolute atomic E-state index is 13.8. The van der Waals surface area contributed by atoms with Crippen LogP contribution in [0.3, 0.4) is 0 Å². The Kier molecular flexibility index (Phi) is 8.94. The van der Waals surface area contributed by atoms with Gasteiger partial charge in [0.05, 0.1) is 11.5 Å². The number of carbonyl (C=O) groups excluding carboxylic acids is 1. The van der Waals surface area contributed by atoms with Gasteiger partial charge in [-0.3, -0.25) is 4.79 Å². The lowest BCUT2D eigenvalue weighted by molar-refractivity contribution is -0.162. The molecule has 4 nitrogen and oxygen atoms in total. The van der Waals surface area contributed by atoms with Gasteiger partial charge in [-0.2, -0.15) is 0 Å². The molecule has 4 atom stereocenters. The van der Waals surface area contributed by atoms with Crippen molar-refractivity contribution in [3.05, 3.63) is 82.9 Å². The number of carboxylic acid groups (broad SMARTS) is 1. The van der Waals surface area contributed by atoms with Crippen LogP contribution in [-0.2, 0) is 9.59 Å². The lowest BCUT2D eigenvalue weighted by Gasteiger charge is -2.51. The molecule has 0 unspecified atom stereocenters. The van der Waals surface area contributed by atoms with E-state index in [9.17, 15) is 14.7 Å². The third-order valence-corrected chi connectivity index (χ3v) is 6.67. The molecule has 0 saturated carbocycles. The van der Waals surface area contributed by atoms with Crippen LogP contribution in [0.1, 0.15) is 51.5 Å². The van der Waals surface area contributed by atoms with Crippen LogP contribution < -0.4 is 0 Å². The van der Waals surface area contributed by atoms with Gasteiger partial charge >= 0.3 is 5.97 Å². The number of nitrogens with zero attached hydrogens (tertiary/aromatic N) is 1. The highest BCUT2D eigenvalue weighted by atomic mass is 35.5. The minimum atomic E-state index is -1.04. The Hall–Kier alpha value is -2.30. The molecule has 0 radical (unpaired) electrons. The molecule has 1 aliphatic heterocycles. The molecule has 0 aromatic heterocycles. The number of rotatable bonds is 9. The summed E-state index contributed by atoms with van der Waals surface area (Å²) in [5, 5.41) is 11.1. The fraction of sp³-hybridized carbons (Fsp3) is 0.385. The number of likely N-dealkylation sites (tertiary alicyclic amines) is 1. The van der Waals surface area contributed by atoms with Crippen molar-refractivity contribution in [2.75, 3.05) is 0 Å². The number of carbonyl (C=O) groups is 2. The lowest BCUT2D eigenvalue weighted by atomic mass is 9.67. The number of amides is 1. The summed E-state index contributed by atoms with van der Waals surface area (Å²) in [5.41, 5.74) is 0.755. The molecule has 6 heteroatoms. The standard InChI is InChI=1S/C26H31Cl2NO3/c1-6-14-26(5)16-21(18-10-9-11-20(28)15-18)23(17(4)12-13-19(27)7-2)29(25(26)32)22(8-3)24(30)31/h6-7,9-13,15,21-23H,1,4,8,14,16H2,2-3,5H3,(H,30,31)/b13-12-,19-7+/t21-,22+,23-,26+/m1/s1. The number of allylic oxidation sites excluding steroid dienone is 4. The SMILES string of the molecule is C=CC[C@@]1(C)C[C@H](c2cccc(Cl)c2)[C@@H](C(=C)/C=C\C(Cl)=C/C)N([C@@H](CC)C(=O)O)C1=O. The van der Waals surface area contributed by atoms with Crippen LogP contribution >= 0.6 is 23.2 Å². The first-order valence-electron chi connectivity index (χ1n) is 10.7. The zero-order chi connectivity index (χ0) is 24.1. The van der Waals surface area contributed by atoms with Crippen molar-refractivity contribution >= 4 is 35.1 Å². The molecule has 1 aliphatic rings. The van der Waals surface area contributed by atoms with Crippen LogP contribution in [0.4, 0.5) is 0 Å². The molecule has 1 aromatic carbocycles. The molecular weight excluding hydrogens is 445 g/mol. The molecule has 1 aromatic rings. The van der Waals surface area contributed by atoms with Crippen molar-refractivity contribution in [3.8, 4) is 0 Å². The molecule has 1 heterocycles. The first-order valence-corrected chi connectivity index (χ1v) is 11.5. The third-order valence-electron chi connectivity index (χ3n) is 6.09. The normalized spacial score (nSPS) is 25.1. The number of benzene rings is 1. The van der Waals surface area contributed by atoms with E-state index >= 15 is 0 Å². The number of halogens is 2. The van der Waals surface area contributed by atoms with Crippen LogP contribution in [0.2, 0.25) is 5.02 Å². The average molecular weight is 476 g/mol. The molecule has 1 saturated heterocycles. The van der Waals surface area contributed by atoms with Gasteiger partial charge < -0.3 is 10.0 Å². The summed E-state index contributed by atoms with van der Waals surface area (Å²) in [6.45, 7) is 13.5. The minimum Gasteiger partial charge on any atom is -0.480 e. The van der Waals surface area contributed by atoms with Gasteiger partial charge in [-0.15, -0.1) is 6.58 Å². The third kappa shape index (κ3) is 5.54. The summed E-state index contributed by atoms with van der Waals surface area (Å²) in [6, 6.07) is 5.95. The first kappa shape index (κ1) is 26.0. The first-order chi connectivity index (χ1) is 15.1. The van der Waals surface area contributed by atoms with E-state index in [2.05, 4.69) is 13.2 Å². The van der Waals surface area contributed by atoms with E-state index < -0.39 is 23.5 Å². The highest BCUT2D eigenvalue weighted by molar-refractivity contribution is 6.31. The molecule has 0 spiro atoms. The second kappa shape index (κ2) is 11.0. The number of piperidine rings is 1. The van der Waals surface area contributed by atoms with E-state index in [4.69, 9.17) is 23.2 Å². The number of aliphatic carboxylic acids is 1. The average Bonchev–Trinajstić information content (AvgIpc) is 2.75. The van der Waals surface area contributed by atoms with Crippen LogP contribution in [0.25, 0.3) is 0 Å². The molecule has 0 bridgehead atoms. The maximum Gasteiger partial charge on any atom is 0.326 e. The summed E-state index contributed by atoms with van der Waals surface area (Å²) >= 11 is 12.4. The Morgan fingerprint density at radius 2 is 2.09 bits per heavy atom. The van der Waals surface area contributed by atoms with E-state index in [0.29, 0.717) is 28.5 Å². The van der Waals surface area contributed by atoms with Gasteiger partial charge in [0, 0.05) is 16.0 Å². The van der Waals surface area contributed by atoms with Crippen molar-refractivity contribution in [2.45, 2.75) is 58.0 Å². The van der Waals surface area contributed by atoms with Gasteiger partial charge in [0.25, 0.3) is 0 Å². The Morgan fingerprint density at radius 1 is 1.41 bits per heavy atom. The number of carboxylic acids is 1. The molecule has 2 rings (SSSR count). The van der Waals surface area contributed by atoms with E-state index in [-0.39, 0.29) is 18.2 Å². The van der Waals surface area contributed by atoms with E-state index in [0.717, 1.165) is 5.56 Å². The molecule has 1 amide bonds. The van der Waals surface area contributed by atoms with E-state index in [1.54, 1.807) is 37.3 Å². The largest absolute Gasteiger partial charge is 0.480 e. The van der Waals surface area contributed by atoms with Gasteiger partial charge in [-0.1, -0.05) is 74.0 Å². The monoisotopic (exact) mass is 475 g/mol. The van der Waals surface area contributed by atoms with Crippen molar-refractivity contribution in [3.63, 3.8) is 0 Å². The zero-order valence-electron chi connectivity index (χ0n) is 18.9. The predicted octanol–water partition coefficient (Wildman–Crippen LogP) is 6.73. The molecule has 172 valence electrons. The van der Waals surface area contributed by atoms with Gasteiger partial charge in [-0.05, 0) is 55.5 Å². The summed E-state index contributed by atoms with van der Waals surface area (Å²) in [4.78, 5) is 27.5. The van der Waals surface area contributed by atoms with Crippen molar-refractivity contribution in [1.82, 2.24) is 4.90 Å². The smallest absolute Gasteiger partial charge is 0.326 e. The molecular formula is C26H31Cl2NO3. The Morgan fingerprint density at radius 3 is 2.62 bits per heavy atom. The molecule has 1 N–H and O–H groups in total. The highest BCUT2D eigenvalue weighted by Crippen LogP contribution is 2.48. The van der Waals surface area contributed by atoms with Gasteiger partial charge in [-0.25, -0.2) is 4.79 Å². The van der Waals surface area contributed by atoms with E-state index in [1.807, 2.05) is 32.0 Å². The van der Waals surface area contributed by atoms with Gasteiger partial charge in [0.2, 0.25) is 5.91 Å². The van der Waals surface area contributed by atoms with Crippen LogP contribution in [-0.4, -0.2) is 34.0 Å². The minimum absolute atomic E-state index is 0.203. The number of hydrogen-bond donors (Lipinski definition) is 1. The van der Waals surface area contributed by atoms with Crippen molar-refractivity contribution < 1.29 is 14.7 Å². The molecule has 1 fully saturated rings. The lowest BCUT2D eigenvalue weighted by Crippen LogP contribution is -2.61. The summed E-state index contributed by atoms with van der Waals surface area (Å²) in [7, 11) is 0. The molecule has 0 aliphatic carbocycles. The summed E-state index contributed by atoms with van der Waals surface area (Å²) < 4.78 is 0. The second-order valence-electron chi connectivity index (χ2n) is 8.42. The highest BCUT2D eigenvalue weighted by Gasteiger charge is 2.52. The summed E-state index contributed by atoms with van der Waals surface area (Å²) in [5.74, 6) is -1.45. The van der Waals surface area contributed by atoms with Gasteiger partial charge in [0.1, 0.15) is 6.04 Å². The number of hydrogen-bond acceptors (Lipinski definition) is 2. The fourth-order valence-electron chi connectivity index (χ4n) is 4.49. The Bertz CT molecular complexity index is 952. The van der Waals surface area contributed by atoms with Crippen LogP contribution in [0.15, 0.2) is 72.3 Å². The molecule has 32 heavy (non-hydrogen) atoms. The Balaban J connectivity index is 2.73. The Labute approximate surface area is 200 Å². The second-order valence-corrected chi connectivity index (χ2v) is 9.29. The predicted molar refractivity (Wildman–Crippen MR) is 132 cm³/mol. The van der Waals surface area contributed by atoms with E-state index in [1.165, 1.54) is 4.90 Å². The van der Waals surface area contributed by atoms with Crippen molar-refractivity contribution in [1.29, 1.82) is 0 Å². The zero-order valence-corrected chi connectivity index (χ0v) is 20.4. The topological polar surface area (TPSA) is 57.6 Å². The quantitative estimate of drug-likeness (QED) is 0.318. The fourth-order valence-corrected chi connectivity index (χ4v) is 4.75. The van der Waals surface area contributed by atoms with Gasteiger partial charge in [0.15, 0.2) is 0 Å². The van der Waals surface area contributed by atoms with Crippen LogP contribution in [0.5, 0.6) is 0 Å². The summed E-state index contributed by atoms with van der Waals surface area (Å²) in [6.07, 6.45) is 8.16. The van der Waals surface area contributed by atoms with Crippen molar-refractivity contribution in [2.24, 2.45) is 5.41 Å². The maximum atomic E-state index is 13.8. The van der Waals surface area contributed by atoms with Crippen LogP contribution in [0, 0.1) is 5.41 Å².